The van der Waals surface area contributed by atoms with Gasteiger partial charge in [0.15, 0.2) is 0 Å². The lowest BCUT2D eigenvalue weighted by Crippen LogP contribution is -2.21. The number of hydrogen-bond acceptors (Lipinski definition) is 2. The molecule has 0 aliphatic carbocycles. The van der Waals surface area contributed by atoms with Crippen molar-refractivity contribution in [1.82, 2.24) is 5.32 Å². The molecule has 0 aliphatic rings. The quantitative estimate of drug-likeness (QED) is 0.920. The minimum absolute atomic E-state index is 0.175. The molecule has 1 aromatic carbocycles. The minimum atomic E-state index is 0.175. The molecular formula is C14H16BrNO. The summed E-state index contributed by atoms with van der Waals surface area (Å²) in [5, 5.41) is 3.47. The highest BCUT2D eigenvalue weighted by atomic mass is 79.9. The largest absolute Gasteiger partial charge is 0.472 e. The number of halogens is 1. The molecule has 0 bridgehead atoms. The summed E-state index contributed by atoms with van der Waals surface area (Å²) in [5.41, 5.74) is 3.64. The molecule has 1 aromatic heterocycles. The third-order valence-corrected chi connectivity index (χ3v) is 3.44. The maximum atomic E-state index is 5.17. The molecule has 1 N–H and O–H groups in total. The topological polar surface area (TPSA) is 25.2 Å². The Balaban J connectivity index is 2.39. The summed E-state index contributed by atoms with van der Waals surface area (Å²) in [7, 11) is 0. The van der Waals surface area contributed by atoms with E-state index < -0.39 is 0 Å². The van der Waals surface area contributed by atoms with Crippen molar-refractivity contribution < 1.29 is 4.42 Å². The Labute approximate surface area is 110 Å². The molecule has 0 fully saturated rings. The average molecular weight is 294 g/mol. The van der Waals surface area contributed by atoms with Crippen LogP contribution in [0.25, 0.3) is 0 Å². The second-order valence-electron chi connectivity index (χ2n) is 4.07. The SMILES string of the molecule is CCNC(c1ccoc1)c1ccc(C)cc1Br. The van der Waals surface area contributed by atoms with E-state index in [4.69, 9.17) is 4.42 Å². The lowest BCUT2D eigenvalue weighted by Gasteiger charge is -2.18. The van der Waals surface area contributed by atoms with Crippen molar-refractivity contribution >= 4 is 15.9 Å². The Morgan fingerprint density at radius 2 is 2.18 bits per heavy atom. The van der Waals surface area contributed by atoms with E-state index in [1.807, 2.05) is 6.07 Å². The summed E-state index contributed by atoms with van der Waals surface area (Å²) in [5.74, 6) is 0. The van der Waals surface area contributed by atoms with Gasteiger partial charge < -0.3 is 9.73 Å². The molecule has 2 rings (SSSR count). The fourth-order valence-electron chi connectivity index (χ4n) is 1.92. The van der Waals surface area contributed by atoms with Crippen LogP contribution in [0.15, 0.2) is 45.7 Å². The first-order valence-corrected chi connectivity index (χ1v) is 6.53. The van der Waals surface area contributed by atoms with Gasteiger partial charge in [-0.15, -0.1) is 0 Å². The molecule has 0 amide bonds. The monoisotopic (exact) mass is 293 g/mol. The zero-order valence-electron chi connectivity index (χ0n) is 10.0. The average Bonchev–Trinajstić information content (AvgIpc) is 2.80. The highest BCUT2D eigenvalue weighted by Gasteiger charge is 2.16. The number of hydrogen-bond donors (Lipinski definition) is 1. The summed E-state index contributed by atoms with van der Waals surface area (Å²) >= 11 is 3.63. The van der Waals surface area contributed by atoms with Crippen molar-refractivity contribution in [3.8, 4) is 0 Å². The Bertz CT molecular complexity index is 479. The van der Waals surface area contributed by atoms with Gasteiger partial charge >= 0.3 is 0 Å². The van der Waals surface area contributed by atoms with Crippen molar-refractivity contribution in [1.29, 1.82) is 0 Å². The number of furan rings is 1. The molecule has 3 heteroatoms. The van der Waals surface area contributed by atoms with Gasteiger partial charge in [0, 0.05) is 10.0 Å². The zero-order valence-corrected chi connectivity index (χ0v) is 11.6. The van der Waals surface area contributed by atoms with E-state index in [-0.39, 0.29) is 6.04 Å². The molecule has 2 aromatic rings. The molecule has 0 spiro atoms. The number of aryl methyl sites for hydroxylation is 1. The van der Waals surface area contributed by atoms with Gasteiger partial charge in [0.1, 0.15) is 0 Å². The lowest BCUT2D eigenvalue weighted by molar-refractivity contribution is 0.552. The molecule has 17 heavy (non-hydrogen) atoms. The molecule has 1 unspecified atom stereocenters. The molecule has 90 valence electrons. The van der Waals surface area contributed by atoms with E-state index in [2.05, 4.69) is 53.3 Å². The van der Waals surface area contributed by atoms with Crippen LogP contribution < -0.4 is 5.32 Å². The van der Waals surface area contributed by atoms with Gasteiger partial charge in [0.05, 0.1) is 18.6 Å². The maximum absolute atomic E-state index is 5.17. The first-order chi connectivity index (χ1) is 8.22. The van der Waals surface area contributed by atoms with Crippen LogP contribution in [0.4, 0.5) is 0 Å². The van der Waals surface area contributed by atoms with Crippen molar-refractivity contribution in [2.75, 3.05) is 6.54 Å². The van der Waals surface area contributed by atoms with E-state index in [9.17, 15) is 0 Å². The Morgan fingerprint density at radius 1 is 1.35 bits per heavy atom. The zero-order chi connectivity index (χ0) is 12.3. The van der Waals surface area contributed by atoms with Gasteiger partial charge in [-0.2, -0.15) is 0 Å². The lowest BCUT2D eigenvalue weighted by atomic mass is 10.00. The summed E-state index contributed by atoms with van der Waals surface area (Å²) in [6.07, 6.45) is 3.50. The summed E-state index contributed by atoms with van der Waals surface area (Å²) in [4.78, 5) is 0. The normalized spacial score (nSPS) is 12.6. The smallest absolute Gasteiger partial charge is 0.0953 e. The van der Waals surface area contributed by atoms with Gasteiger partial charge in [-0.25, -0.2) is 0 Å². The fraction of sp³-hybridized carbons (Fsp3) is 0.286. The van der Waals surface area contributed by atoms with Gasteiger partial charge in [0.25, 0.3) is 0 Å². The summed E-state index contributed by atoms with van der Waals surface area (Å²) < 4.78 is 6.30. The van der Waals surface area contributed by atoms with E-state index in [0.717, 1.165) is 16.6 Å². The van der Waals surface area contributed by atoms with Crippen LogP contribution in [0, 0.1) is 6.92 Å². The van der Waals surface area contributed by atoms with Crippen LogP contribution in [0.2, 0.25) is 0 Å². The molecule has 0 aliphatic heterocycles. The second kappa shape index (κ2) is 5.52. The third kappa shape index (κ3) is 2.79. The third-order valence-electron chi connectivity index (χ3n) is 2.75. The predicted molar refractivity (Wildman–Crippen MR) is 73.1 cm³/mol. The van der Waals surface area contributed by atoms with Crippen molar-refractivity contribution in [2.45, 2.75) is 19.9 Å². The first kappa shape index (κ1) is 12.4. The Morgan fingerprint density at radius 3 is 2.76 bits per heavy atom. The van der Waals surface area contributed by atoms with Crippen LogP contribution in [0.1, 0.15) is 29.7 Å². The summed E-state index contributed by atoms with van der Waals surface area (Å²) in [6, 6.07) is 8.60. The molecule has 0 saturated heterocycles. The molecular weight excluding hydrogens is 278 g/mol. The summed E-state index contributed by atoms with van der Waals surface area (Å²) in [6.45, 7) is 5.11. The van der Waals surface area contributed by atoms with Gasteiger partial charge in [-0.05, 0) is 36.7 Å². The standard InChI is InChI=1S/C14H16BrNO/c1-3-16-14(11-6-7-17-9-11)12-5-4-10(2)8-13(12)15/h4-9,14,16H,3H2,1-2H3. The second-order valence-corrected chi connectivity index (χ2v) is 4.93. The van der Waals surface area contributed by atoms with Crippen molar-refractivity contribution in [3.63, 3.8) is 0 Å². The predicted octanol–water partition coefficient (Wildman–Crippen LogP) is 4.05. The first-order valence-electron chi connectivity index (χ1n) is 5.74. The van der Waals surface area contributed by atoms with Crippen LogP contribution in [-0.4, -0.2) is 6.54 Å². The Hall–Kier alpha value is -1.06. The number of rotatable bonds is 4. The highest BCUT2D eigenvalue weighted by Crippen LogP contribution is 2.29. The van der Waals surface area contributed by atoms with Crippen LogP contribution in [0.5, 0.6) is 0 Å². The minimum Gasteiger partial charge on any atom is -0.472 e. The molecule has 2 nitrogen and oxygen atoms in total. The van der Waals surface area contributed by atoms with Crippen molar-refractivity contribution in [2.24, 2.45) is 0 Å². The maximum Gasteiger partial charge on any atom is 0.0953 e. The fourth-order valence-corrected chi connectivity index (χ4v) is 2.64. The highest BCUT2D eigenvalue weighted by molar-refractivity contribution is 9.10. The molecule has 1 heterocycles. The number of nitrogens with one attached hydrogen (secondary N) is 1. The van der Waals surface area contributed by atoms with Crippen LogP contribution in [0.3, 0.4) is 0 Å². The van der Waals surface area contributed by atoms with Gasteiger partial charge in [-0.1, -0.05) is 35.0 Å². The Kier molecular flexibility index (Phi) is 4.02. The van der Waals surface area contributed by atoms with Crippen LogP contribution in [-0.2, 0) is 0 Å². The van der Waals surface area contributed by atoms with E-state index in [1.54, 1.807) is 12.5 Å². The molecule has 0 saturated carbocycles. The van der Waals surface area contributed by atoms with Crippen LogP contribution >= 0.6 is 15.9 Å². The van der Waals surface area contributed by atoms with Crippen molar-refractivity contribution in [3.05, 3.63) is 58.0 Å². The molecule has 1 atom stereocenters. The van der Waals surface area contributed by atoms with E-state index in [1.165, 1.54) is 11.1 Å². The molecule has 0 radical (unpaired) electrons. The van der Waals surface area contributed by atoms with E-state index in [0.29, 0.717) is 0 Å². The number of benzene rings is 1. The van der Waals surface area contributed by atoms with Gasteiger partial charge in [-0.3, -0.25) is 0 Å². The van der Waals surface area contributed by atoms with Gasteiger partial charge in [0.2, 0.25) is 0 Å². The van der Waals surface area contributed by atoms with E-state index >= 15 is 0 Å².